The summed E-state index contributed by atoms with van der Waals surface area (Å²) in [5.41, 5.74) is 1.03. The zero-order valence-corrected chi connectivity index (χ0v) is 12.9. The van der Waals surface area contributed by atoms with Crippen molar-refractivity contribution in [1.29, 1.82) is 0 Å². The molecule has 0 spiro atoms. The average molecular weight is 322 g/mol. The molecule has 1 N–H and O–H groups in total. The van der Waals surface area contributed by atoms with E-state index < -0.39 is 4.92 Å². The van der Waals surface area contributed by atoms with Crippen LogP contribution >= 0.6 is 23.1 Å². The van der Waals surface area contributed by atoms with E-state index in [0.29, 0.717) is 4.90 Å². The van der Waals surface area contributed by atoms with Crippen LogP contribution in [0, 0.1) is 10.1 Å². The topological polar surface area (TPSA) is 72.2 Å². The van der Waals surface area contributed by atoms with Crippen molar-refractivity contribution < 1.29 is 9.72 Å². The second-order valence-corrected chi connectivity index (χ2v) is 6.25. The molecule has 110 valence electrons. The fourth-order valence-electron chi connectivity index (χ4n) is 1.78. The normalized spacial score (nSPS) is 11.9. The van der Waals surface area contributed by atoms with E-state index in [1.807, 2.05) is 37.3 Å². The number of benzene rings is 1. The van der Waals surface area contributed by atoms with E-state index in [4.69, 9.17) is 0 Å². The molecule has 0 radical (unpaired) electrons. The van der Waals surface area contributed by atoms with Crippen LogP contribution in [0.15, 0.2) is 46.7 Å². The van der Waals surface area contributed by atoms with Gasteiger partial charge in [-0.25, -0.2) is 0 Å². The minimum absolute atomic E-state index is 0.0863. The fourth-order valence-corrected chi connectivity index (χ4v) is 3.53. The third-order valence-corrected chi connectivity index (χ3v) is 4.85. The van der Waals surface area contributed by atoms with Crippen molar-refractivity contribution in [3.8, 4) is 0 Å². The second-order valence-electron chi connectivity index (χ2n) is 4.34. The van der Waals surface area contributed by atoms with E-state index in [0.717, 1.165) is 16.9 Å². The van der Waals surface area contributed by atoms with Crippen LogP contribution in [0.2, 0.25) is 0 Å². The molecule has 5 nitrogen and oxygen atoms in total. The van der Waals surface area contributed by atoms with Crippen molar-refractivity contribution in [3.05, 3.63) is 57.5 Å². The van der Waals surface area contributed by atoms with E-state index in [1.165, 1.54) is 11.8 Å². The SMILES string of the molecule is C[C@H](NC(=O)CSc1ccsc1[N+](=O)[O-])c1ccccc1. The van der Waals surface area contributed by atoms with E-state index in [2.05, 4.69) is 5.32 Å². The van der Waals surface area contributed by atoms with Gasteiger partial charge in [-0.15, -0.1) is 11.8 Å². The highest BCUT2D eigenvalue weighted by Gasteiger charge is 2.17. The molecular formula is C14H14N2O3S2. The second kappa shape index (κ2) is 7.24. The lowest BCUT2D eigenvalue weighted by Gasteiger charge is -2.13. The first-order valence-electron chi connectivity index (χ1n) is 6.27. The smallest absolute Gasteiger partial charge is 0.337 e. The summed E-state index contributed by atoms with van der Waals surface area (Å²) < 4.78 is 0. The molecular weight excluding hydrogens is 308 g/mol. The van der Waals surface area contributed by atoms with Gasteiger partial charge in [-0.05, 0) is 23.9 Å². The highest BCUT2D eigenvalue weighted by atomic mass is 32.2. The Morgan fingerprint density at radius 3 is 2.76 bits per heavy atom. The van der Waals surface area contributed by atoms with Gasteiger partial charge in [0, 0.05) is 0 Å². The monoisotopic (exact) mass is 322 g/mol. The van der Waals surface area contributed by atoms with Crippen molar-refractivity contribution in [2.45, 2.75) is 17.9 Å². The van der Waals surface area contributed by atoms with Crippen molar-refractivity contribution in [2.75, 3.05) is 5.75 Å². The third kappa shape index (κ3) is 4.30. The molecule has 1 heterocycles. The Bertz CT molecular complexity index is 628. The van der Waals surface area contributed by atoms with E-state index in [9.17, 15) is 14.9 Å². The van der Waals surface area contributed by atoms with E-state index in [1.54, 1.807) is 11.4 Å². The van der Waals surface area contributed by atoms with Gasteiger partial charge in [0.05, 0.1) is 21.6 Å². The van der Waals surface area contributed by atoms with Gasteiger partial charge in [-0.1, -0.05) is 41.7 Å². The molecule has 0 bridgehead atoms. The maximum Gasteiger partial charge on any atom is 0.337 e. The standard InChI is InChI=1S/C14H14N2O3S2/c1-10(11-5-3-2-4-6-11)15-13(17)9-21-12-7-8-20-14(12)16(18)19/h2-8,10H,9H2,1H3,(H,15,17)/t10-/m0/s1. The van der Waals surface area contributed by atoms with Gasteiger partial charge in [0.25, 0.3) is 0 Å². The predicted molar refractivity (Wildman–Crippen MR) is 84.7 cm³/mol. The molecule has 0 unspecified atom stereocenters. The molecule has 0 saturated carbocycles. The Labute approximate surface area is 130 Å². The average Bonchev–Trinajstić information content (AvgIpc) is 2.94. The van der Waals surface area contributed by atoms with Crippen molar-refractivity contribution in [1.82, 2.24) is 5.32 Å². The third-order valence-electron chi connectivity index (χ3n) is 2.81. The number of hydrogen-bond donors (Lipinski definition) is 1. The first-order valence-corrected chi connectivity index (χ1v) is 8.13. The summed E-state index contributed by atoms with van der Waals surface area (Å²) >= 11 is 2.25. The van der Waals surface area contributed by atoms with Crippen LogP contribution in [-0.2, 0) is 4.79 Å². The number of amides is 1. The molecule has 2 aromatic rings. The van der Waals surface area contributed by atoms with E-state index >= 15 is 0 Å². The summed E-state index contributed by atoms with van der Waals surface area (Å²) in [5, 5.41) is 15.4. The number of rotatable bonds is 6. The van der Waals surface area contributed by atoms with Gasteiger partial charge in [0.1, 0.15) is 0 Å². The molecule has 7 heteroatoms. The van der Waals surface area contributed by atoms with Crippen LogP contribution in [0.3, 0.4) is 0 Å². The Morgan fingerprint density at radius 2 is 2.10 bits per heavy atom. The van der Waals surface area contributed by atoms with Gasteiger partial charge in [0.15, 0.2) is 0 Å². The number of nitrogens with zero attached hydrogens (tertiary/aromatic N) is 1. The Kier molecular flexibility index (Phi) is 5.35. The Balaban J connectivity index is 1.88. The summed E-state index contributed by atoms with van der Waals surface area (Å²) in [6.07, 6.45) is 0. The minimum atomic E-state index is -0.419. The summed E-state index contributed by atoms with van der Waals surface area (Å²) in [7, 11) is 0. The first-order chi connectivity index (χ1) is 10.1. The number of nitro groups is 1. The Morgan fingerprint density at radius 1 is 1.38 bits per heavy atom. The molecule has 0 aliphatic heterocycles. The maximum absolute atomic E-state index is 11.9. The highest BCUT2D eigenvalue weighted by Crippen LogP contribution is 2.34. The number of carbonyl (C=O) groups is 1. The number of thiophene rings is 1. The molecule has 0 aliphatic carbocycles. The Hall–Kier alpha value is -1.86. The van der Waals surface area contributed by atoms with Gasteiger partial charge in [-0.3, -0.25) is 14.9 Å². The molecule has 0 aliphatic rings. The molecule has 1 amide bonds. The number of carbonyl (C=O) groups excluding carboxylic acids is 1. The molecule has 1 atom stereocenters. The predicted octanol–water partition coefficient (Wildman–Crippen LogP) is 3.63. The molecule has 1 aromatic carbocycles. The van der Waals surface area contributed by atoms with Crippen molar-refractivity contribution >= 4 is 34.0 Å². The molecule has 2 rings (SSSR count). The van der Waals surface area contributed by atoms with Crippen LogP contribution in [0.25, 0.3) is 0 Å². The van der Waals surface area contributed by atoms with Crippen LogP contribution in [0.1, 0.15) is 18.5 Å². The summed E-state index contributed by atoms with van der Waals surface area (Å²) in [6, 6.07) is 11.2. The number of hydrogen-bond acceptors (Lipinski definition) is 5. The number of thioether (sulfide) groups is 1. The van der Waals surface area contributed by atoms with Gasteiger partial charge in [0.2, 0.25) is 5.91 Å². The lowest BCUT2D eigenvalue weighted by Crippen LogP contribution is -2.28. The van der Waals surface area contributed by atoms with Crippen molar-refractivity contribution in [3.63, 3.8) is 0 Å². The van der Waals surface area contributed by atoms with E-state index in [-0.39, 0.29) is 22.7 Å². The van der Waals surface area contributed by atoms with Crippen LogP contribution in [0.5, 0.6) is 0 Å². The summed E-state index contributed by atoms with van der Waals surface area (Å²) in [6.45, 7) is 1.91. The summed E-state index contributed by atoms with van der Waals surface area (Å²) in [5.74, 6) is 0.0197. The lowest BCUT2D eigenvalue weighted by molar-refractivity contribution is -0.382. The quantitative estimate of drug-likeness (QED) is 0.501. The highest BCUT2D eigenvalue weighted by molar-refractivity contribution is 8.00. The van der Waals surface area contributed by atoms with Gasteiger partial charge >= 0.3 is 5.00 Å². The van der Waals surface area contributed by atoms with Crippen molar-refractivity contribution in [2.24, 2.45) is 0 Å². The van der Waals surface area contributed by atoms with Crippen LogP contribution < -0.4 is 5.32 Å². The first kappa shape index (κ1) is 15.5. The zero-order valence-electron chi connectivity index (χ0n) is 11.3. The maximum atomic E-state index is 11.9. The summed E-state index contributed by atoms with van der Waals surface area (Å²) in [4.78, 5) is 22.8. The lowest BCUT2D eigenvalue weighted by atomic mass is 10.1. The fraction of sp³-hybridized carbons (Fsp3) is 0.214. The minimum Gasteiger partial charge on any atom is -0.349 e. The largest absolute Gasteiger partial charge is 0.349 e. The molecule has 21 heavy (non-hydrogen) atoms. The zero-order chi connectivity index (χ0) is 15.2. The molecule has 0 saturated heterocycles. The molecule has 1 aromatic heterocycles. The molecule has 0 fully saturated rings. The van der Waals surface area contributed by atoms with Gasteiger partial charge in [-0.2, -0.15) is 0 Å². The number of nitrogens with one attached hydrogen (secondary N) is 1. The van der Waals surface area contributed by atoms with Gasteiger partial charge < -0.3 is 5.32 Å². The van der Waals surface area contributed by atoms with Crippen LogP contribution in [0.4, 0.5) is 5.00 Å². The van der Waals surface area contributed by atoms with Crippen LogP contribution in [-0.4, -0.2) is 16.6 Å².